The molecule has 0 bridgehead atoms. The fourth-order valence-corrected chi connectivity index (χ4v) is 13.4. The molecule has 444 valence electrons. The molecule has 0 spiro atoms. The zero-order chi connectivity index (χ0) is 59.0. The lowest BCUT2D eigenvalue weighted by atomic mass is 10.0. The van der Waals surface area contributed by atoms with E-state index in [9.17, 15) is 63.5 Å². The molecule has 4 aliphatic heterocycles. The number of rotatable bonds is 26. The number of alkyl halides is 2. The van der Waals surface area contributed by atoms with Gasteiger partial charge in [0.2, 0.25) is 23.6 Å². The zero-order valence-corrected chi connectivity index (χ0v) is 46.6. The Morgan fingerprint density at radius 1 is 0.728 bits per heavy atom. The van der Waals surface area contributed by atoms with Crippen LogP contribution in [0, 0.1) is 0 Å². The Morgan fingerprint density at radius 3 is 1.69 bits per heavy atom. The first kappa shape index (κ1) is 61.7. The molecule has 32 heteroatoms. The van der Waals surface area contributed by atoms with Crippen molar-refractivity contribution in [3.63, 3.8) is 0 Å². The van der Waals surface area contributed by atoms with E-state index in [2.05, 4.69) is 37.0 Å². The van der Waals surface area contributed by atoms with Gasteiger partial charge in [-0.2, -0.15) is 16.8 Å². The first-order valence-electron chi connectivity index (χ1n) is 25.5. The van der Waals surface area contributed by atoms with Gasteiger partial charge in [-0.1, -0.05) is 30.3 Å². The standard InChI is InChI=1S/C49H64F2N9O18PS2/c1-27(44(64)53-11-10-52-42(62)9-12-61)55-45(65)35(17-28-7-5-4-6-8-28)56-43(63)24-54-79(68,15-13-77-40-22-33-31(20-38(40)75-2)48(66)59-25-29(50)18-36(59)46(57-33)80(69,70)71)16-14-78-41-23-34-32(21-39(41)76-3)49(67)60-26-30(51)19-37(60)47(58-34)81(72,73)74/h4-8,20-23,27,29-30,35-37,46-47,57-58,61H,9-19,24-26H2,1-3H3,(H,52,62)(H,53,64)(H,54,68)(H,55,65)(H,56,63)(H,69,70,71)(H,72,73,74)/t27-,29+,30+,35-,36-,37-,46?,47?,79?/m0/s1. The van der Waals surface area contributed by atoms with Crippen molar-refractivity contribution in [3.8, 4) is 23.0 Å². The highest BCUT2D eigenvalue weighted by molar-refractivity contribution is 7.86. The van der Waals surface area contributed by atoms with Crippen LogP contribution in [0.5, 0.6) is 23.0 Å². The van der Waals surface area contributed by atoms with Gasteiger partial charge in [0, 0.05) is 63.2 Å². The predicted molar refractivity (Wildman–Crippen MR) is 286 cm³/mol. The van der Waals surface area contributed by atoms with Crippen LogP contribution in [0.25, 0.3) is 0 Å². The number of aliphatic hydroxyl groups is 1. The molecule has 0 saturated carbocycles. The van der Waals surface area contributed by atoms with Crippen molar-refractivity contribution in [1.29, 1.82) is 0 Å². The Labute approximate surface area is 464 Å². The van der Waals surface area contributed by atoms with Crippen LogP contribution in [0.1, 0.15) is 52.5 Å². The van der Waals surface area contributed by atoms with E-state index in [1.54, 1.807) is 30.3 Å². The lowest BCUT2D eigenvalue weighted by Crippen LogP contribution is -2.54. The van der Waals surface area contributed by atoms with E-state index in [1.807, 2.05) is 0 Å². The number of aliphatic hydroxyl groups excluding tert-OH is 1. The number of methoxy groups -OCH3 is 2. The zero-order valence-electron chi connectivity index (χ0n) is 44.1. The normalized spacial score (nSPS) is 21.8. The van der Waals surface area contributed by atoms with Crippen molar-refractivity contribution in [1.82, 2.24) is 36.2 Å². The van der Waals surface area contributed by atoms with E-state index in [4.69, 9.17) is 24.1 Å². The number of halogens is 2. The summed E-state index contributed by atoms with van der Waals surface area (Å²) in [4.78, 5) is 81.7. The number of nitrogens with zero attached hydrogens (tertiary/aromatic N) is 2. The monoisotopic (exact) mass is 1200 g/mol. The molecule has 6 amide bonds. The fourth-order valence-electron chi connectivity index (χ4n) is 9.78. The average molecular weight is 1200 g/mol. The molecule has 4 heterocycles. The molecular formula is C49H64F2N9O18PS2. The highest BCUT2D eigenvalue weighted by Crippen LogP contribution is 2.44. The van der Waals surface area contributed by atoms with Gasteiger partial charge < -0.3 is 70.3 Å². The summed E-state index contributed by atoms with van der Waals surface area (Å²) >= 11 is 0. The molecule has 3 aromatic rings. The molecule has 0 radical (unpaired) electrons. The van der Waals surface area contributed by atoms with E-state index in [0.717, 1.165) is 9.80 Å². The maximum absolute atomic E-state index is 15.1. The number of nitrogens with one attached hydrogen (secondary N) is 7. The summed E-state index contributed by atoms with van der Waals surface area (Å²) in [7, 11) is -11.3. The highest BCUT2D eigenvalue weighted by Gasteiger charge is 2.50. The van der Waals surface area contributed by atoms with Crippen molar-refractivity contribution in [2.24, 2.45) is 0 Å². The van der Waals surface area contributed by atoms with Crippen LogP contribution in [0.3, 0.4) is 0 Å². The minimum atomic E-state index is -4.94. The van der Waals surface area contributed by atoms with E-state index in [1.165, 1.54) is 45.4 Å². The Kier molecular flexibility index (Phi) is 20.1. The lowest BCUT2D eigenvalue weighted by molar-refractivity contribution is -0.131. The Bertz CT molecular complexity index is 2990. The number of hydrogen-bond donors (Lipinski definition) is 10. The molecule has 27 nitrogen and oxygen atoms in total. The minimum Gasteiger partial charge on any atom is -0.493 e. The lowest BCUT2D eigenvalue weighted by Gasteiger charge is -2.26. The van der Waals surface area contributed by atoms with Gasteiger partial charge in [0.25, 0.3) is 32.1 Å². The molecule has 10 N–H and O–H groups in total. The summed E-state index contributed by atoms with van der Waals surface area (Å²) in [5, 5.41) is 23.6. The van der Waals surface area contributed by atoms with Gasteiger partial charge in [-0.25, -0.2) is 8.78 Å². The largest absolute Gasteiger partial charge is 0.493 e. The van der Waals surface area contributed by atoms with Crippen LogP contribution in [0.4, 0.5) is 20.2 Å². The second-order valence-electron chi connectivity index (χ2n) is 19.5. The molecule has 2 fully saturated rings. The maximum Gasteiger partial charge on any atom is 0.288 e. The third-order valence-corrected chi connectivity index (χ3v) is 18.5. The summed E-state index contributed by atoms with van der Waals surface area (Å²) < 4.78 is 138. The van der Waals surface area contributed by atoms with Crippen LogP contribution in [-0.4, -0.2) is 203 Å². The minimum absolute atomic E-state index is 0.000339. The van der Waals surface area contributed by atoms with E-state index in [-0.39, 0.29) is 90.9 Å². The molecular weight excluding hydrogens is 1140 g/mol. The van der Waals surface area contributed by atoms with Crippen molar-refractivity contribution < 1.29 is 92.1 Å². The van der Waals surface area contributed by atoms with Gasteiger partial charge in [0.15, 0.2) is 41.0 Å². The maximum atomic E-state index is 15.1. The third-order valence-electron chi connectivity index (χ3n) is 13.8. The van der Waals surface area contributed by atoms with Crippen molar-refractivity contribution in [2.75, 3.05) is 89.7 Å². The predicted octanol–water partition coefficient (Wildman–Crippen LogP) is 0.260. The Balaban J connectivity index is 1.11. The van der Waals surface area contributed by atoms with Crippen molar-refractivity contribution >= 4 is 74.3 Å². The molecule has 2 unspecified atom stereocenters. The molecule has 4 aliphatic rings. The van der Waals surface area contributed by atoms with Crippen LogP contribution in [-0.2, 0) is 50.4 Å². The highest BCUT2D eigenvalue weighted by atomic mass is 32.2. The van der Waals surface area contributed by atoms with Gasteiger partial charge in [-0.15, -0.1) is 0 Å². The Hall–Kier alpha value is -6.89. The number of fused-ring (bicyclic) bond motifs is 4. The van der Waals surface area contributed by atoms with Crippen LogP contribution in [0.15, 0.2) is 54.6 Å². The first-order chi connectivity index (χ1) is 38.3. The van der Waals surface area contributed by atoms with Gasteiger partial charge in [-0.05, 0) is 24.6 Å². The SMILES string of the molecule is COc1cc2c(cc1OCCP(=O)(CCOc1cc3c(cc1OC)C(=O)N1C[C@H](F)C[C@H]1C(S(=O)(=O)O)N3)NCC(=O)N[C@@H](Cc1ccccc1)C(=O)N[C@@H](C)C(=O)NCCNC(=O)CCO)NC(S(=O)(=O)O)[C@@H]1C[C@@H](F)CN1C2=O. The molecule has 7 rings (SSSR count). The number of anilines is 2. The molecule has 0 aromatic heterocycles. The van der Waals surface area contributed by atoms with Crippen LogP contribution in [0.2, 0.25) is 0 Å². The summed E-state index contributed by atoms with van der Waals surface area (Å²) in [6.45, 7) is -1.37. The topological polar surface area (TPSA) is 376 Å². The number of hydrogen-bond acceptors (Lipinski definition) is 18. The number of amides is 6. The fraction of sp³-hybridized carbons (Fsp3) is 0.510. The van der Waals surface area contributed by atoms with Gasteiger partial charge >= 0.3 is 0 Å². The summed E-state index contributed by atoms with van der Waals surface area (Å²) in [6, 6.07) is 8.45. The first-order valence-corrected chi connectivity index (χ1v) is 30.6. The van der Waals surface area contributed by atoms with Gasteiger partial charge in [-0.3, -0.25) is 43.0 Å². The molecule has 8 atom stereocenters. The number of carbonyl (C=O) groups excluding carboxylic acids is 6. The summed E-state index contributed by atoms with van der Waals surface area (Å²) in [6.07, 6.45) is -4.89. The van der Waals surface area contributed by atoms with E-state index >= 15 is 4.57 Å². The third kappa shape index (κ3) is 15.4. The van der Waals surface area contributed by atoms with E-state index < -0.39 is 155 Å². The molecule has 81 heavy (non-hydrogen) atoms. The second-order valence-corrected chi connectivity index (χ2v) is 25.6. The van der Waals surface area contributed by atoms with Crippen LogP contribution < -0.4 is 55.9 Å². The van der Waals surface area contributed by atoms with Crippen molar-refractivity contribution in [2.45, 2.75) is 79.9 Å². The molecule has 2 saturated heterocycles. The van der Waals surface area contributed by atoms with Crippen LogP contribution >= 0.6 is 7.29 Å². The van der Waals surface area contributed by atoms with Crippen molar-refractivity contribution in [3.05, 3.63) is 71.3 Å². The number of ether oxygens (including phenoxy) is 4. The summed E-state index contributed by atoms with van der Waals surface area (Å²) in [5.41, 5.74) is 0.0976. The quantitative estimate of drug-likeness (QED) is 0.0293. The van der Waals surface area contributed by atoms with Gasteiger partial charge in [0.05, 0.1) is 88.3 Å². The number of carbonyl (C=O) groups is 6. The van der Waals surface area contributed by atoms with E-state index in [0.29, 0.717) is 5.56 Å². The molecule has 0 aliphatic carbocycles. The smallest absolute Gasteiger partial charge is 0.288 e. The number of benzene rings is 3. The van der Waals surface area contributed by atoms with Gasteiger partial charge in [0.1, 0.15) is 24.4 Å². The molecule has 3 aromatic carbocycles. The second kappa shape index (κ2) is 26.4. The summed E-state index contributed by atoms with van der Waals surface area (Å²) in [5.74, 6) is -4.51. The average Bonchev–Trinajstić information content (AvgIpc) is 3.25. The Morgan fingerprint density at radius 2 is 1.22 bits per heavy atom.